The minimum Gasteiger partial charge on any atom is -0.508 e. The molecule has 0 fully saturated rings. The van der Waals surface area contributed by atoms with E-state index in [4.69, 9.17) is 4.74 Å². The Kier molecular flexibility index (Phi) is 14.6. The summed E-state index contributed by atoms with van der Waals surface area (Å²) >= 11 is 0. The van der Waals surface area contributed by atoms with Crippen LogP contribution in [0.3, 0.4) is 0 Å². The number of nitrogens with one attached hydrogen (secondary N) is 5. The number of carbonyl (C=O) groups is 4. The van der Waals surface area contributed by atoms with Crippen LogP contribution in [0.25, 0.3) is 0 Å². The summed E-state index contributed by atoms with van der Waals surface area (Å²) < 4.78 is 5.37. The number of aromatic amines is 1. The van der Waals surface area contributed by atoms with Crippen LogP contribution in [0.4, 0.5) is 4.79 Å². The number of H-pyrrole nitrogens is 1. The predicted octanol–water partition coefficient (Wildman–Crippen LogP) is 3.28. The van der Waals surface area contributed by atoms with E-state index in [0.717, 1.165) is 11.1 Å². The van der Waals surface area contributed by atoms with Gasteiger partial charge < -0.3 is 41.2 Å². The van der Waals surface area contributed by atoms with Gasteiger partial charge in [0.05, 0.1) is 30.6 Å². The number of hydrogen-bond acceptors (Lipinski definition) is 8. The molecule has 5 atom stereocenters. The van der Waals surface area contributed by atoms with Gasteiger partial charge >= 0.3 is 6.09 Å². The van der Waals surface area contributed by atoms with E-state index in [0.29, 0.717) is 24.2 Å². The fraction of sp³-hybridized carbons (Fsp3) is 0.342. The molecule has 13 nitrogen and oxygen atoms in total. The largest absolute Gasteiger partial charge is 0.508 e. The second-order valence-corrected chi connectivity index (χ2v) is 12.4. The normalized spacial score (nSPS) is 13.9. The lowest BCUT2D eigenvalue weighted by Gasteiger charge is -2.31. The van der Waals surface area contributed by atoms with Crippen LogP contribution in [0.15, 0.2) is 97.5 Å². The van der Waals surface area contributed by atoms with Crippen LogP contribution in [0.1, 0.15) is 49.1 Å². The average molecular weight is 699 g/mol. The molecule has 0 aliphatic heterocycles. The molecule has 0 aliphatic carbocycles. The third-order valence-electron chi connectivity index (χ3n) is 8.51. The highest BCUT2D eigenvalue weighted by atomic mass is 16.5. The number of aliphatic hydroxyl groups is 1. The van der Waals surface area contributed by atoms with E-state index < -0.39 is 42.1 Å². The number of imidazole rings is 1. The Labute approximate surface area is 297 Å². The Morgan fingerprint density at radius 2 is 1.43 bits per heavy atom. The maximum atomic E-state index is 13.9. The Bertz CT molecular complexity index is 1670. The second kappa shape index (κ2) is 19.5. The number of aromatic nitrogens is 2. The topological polar surface area (TPSA) is 195 Å². The van der Waals surface area contributed by atoms with Gasteiger partial charge in [0.1, 0.15) is 24.4 Å². The summed E-state index contributed by atoms with van der Waals surface area (Å²) in [6.45, 7) is 4.04. The van der Waals surface area contributed by atoms with Gasteiger partial charge in [0.15, 0.2) is 0 Å². The third-order valence-corrected chi connectivity index (χ3v) is 8.51. The van der Waals surface area contributed by atoms with Crippen LogP contribution in [0, 0.1) is 5.92 Å². The van der Waals surface area contributed by atoms with E-state index in [9.17, 15) is 29.4 Å². The van der Waals surface area contributed by atoms with E-state index in [1.54, 1.807) is 30.5 Å². The average Bonchev–Trinajstić information content (AvgIpc) is 3.66. The van der Waals surface area contributed by atoms with Gasteiger partial charge in [0, 0.05) is 25.6 Å². The highest BCUT2D eigenvalue weighted by molar-refractivity contribution is 5.91. The zero-order valence-corrected chi connectivity index (χ0v) is 28.7. The number of nitrogens with zero attached hydrogens (tertiary/aromatic N) is 1. The molecular formula is C38H46N6O7. The summed E-state index contributed by atoms with van der Waals surface area (Å²) in [5.41, 5.74) is 2.79. The summed E-state index contributed by atoms with van der Waals surface area (Å²) in [6, 6.07) is 21.5. The van der Waals surface area contributed by atoms with Crippen molar-refractivity contribution < 1.29 is 34.1 Å². The first kappa shape index (κ1) is 38.1. The van der Waals surface area contributed by atoms with Gasteiger partial charge in [-0.05, 0) is 34.7 Å². The van der Waals surface area contributed by atoms with E-state index in [-0.39, 0.29) is 43.4 Å². The van der Waals surface area contributed by atoms with E-state index >= 15 is 0 Å². The second-order valence-electron chi connectivity index (χ2n) is 12.4. The number of phenolic OH excluding ortho intramolecular Hbond substituents is 1. The fourth-order valence-corrected chi connectivity index (χ4v) is 5.40. The Morgan fingerprint density at radius 3 is 2.06 bits per heavy atom. The van der Waals surface area contributed by atoms with Gasteiger partial charge in [-0.2, -0.15) is 0 Å². The van der Waals surface area contributed by atoms with Crippen molar-refractivity contribution in [3.05, 3.63) is 120 Å². The molecule has 1 aromatic heterocycles. The van der Waals surface area contributed by atoms with Crippen molar-refractivity contribution in [2.75, 3.05) is 0 Å². The number of hydrogen-bond donors (Lipinski definition) is 7. The third kappa shape index (κ3) is 12.6. The summed E-state index contributed by atoms with van der Waals surface area (Å²) in [5, 5.41) is 32.0. The monoisotopic (exact) mass is 698 g/mol. The van der Waals surface area contributed by atoms with Gasteiger partial charge in [-0.1, -0.05) is 93.1 Å². The van der Waals surface area contributed by atoms with Crippen LogP contribution < -0.4 is 21.3 Å². The maximum absolute atomic E-state index is 13.9. The standard InChI is InChI=1S/C38H46N6O7/c1-3-25(2)35(33(46)20-34(47)40-21-27-10-6-4-7-11-27)44-37(49)32(19-29-22-39-24-41-29)42-36(48)31(18-26-14-16-30(45)17-15-26)43-38(50)51-23-28-12-8-5-9-13-28/h4-17,22,24-25,31-33,35,45-46H,3,18-21,23H2,1-2H3,(H,39,41)(H,40,47)(H,42,48)(H,43,50)(H,44,49)/t25?,31-,32-,33?,35?/m0/s1. The Hall–Kier alpha value is -5.69. The summed E-state index contributed by atoms with van der Waals surface area (Å²) in [7, 11) is 0. The molecule has 51 heavy (non-hydrogen) atoms. The molecule has 4 rings (SSSR count). The van der Waals surface area contributed by atoms with Crippen molar-refractivity contribution in [3.63, 3.8) is 0 Å². The smallest absolute Gasteiger partial charge is 0.408 e. The van der Waals surface area contributed by atoms with Gasteiger partial charge in [-0.15, -0.1) is 0 Å². The molecule has 4 aromatic rings. The lowest BCUT2D eigenvalue weighted by Crippen LogP contribution is -2.58. The molecule has 7 N–H and O–H groups in total. The summed E-state index contributed by atoms with van der Waals surface area (Å²) in [6.07, 6.45) is 1.35. The minimum atomic E-state index is -1.22. The molecule has 0 saturated carbocycles. The van der Waals surface area contributed by atoms with Crippen molar-refractivity contribution >= 4 is 23.8 Å². The van der Waals surface area contributed by atoms with E-state index in [1.807, 2.05) is 62.4 Å². The SMILES string of the molecule is CCC(C)C(NC(=O)[C@H](Cc1c[nH]cn1)NC(=O)[C@H](Cc1ccc(O)cc1)NC(=O)OCc1ccccc1)C(O)CC(=O)NCc1ccccc1. The number of aliphatic hydroxyl groups excluding tert-OH is 1. The van der Waals surface area contributed by atoms with Crippen molar-refractivity contribution in [1.29, 1.82) is 0 Å². The van der Waals surface area contributed by atoms with Crippen molar-refractivity contribution in [2.24, 2.45) is 5.92 Å². The van der Waals surface area contributed by atoms with Crippen LogP contribution in [-0.4, -0.2) is 68.2 Å². The lowest BCUT2D eigenvalue weighted by atomic mass is 9.92. The number of aromatic hydroxyl groups is 1. The fourth-order valence-electron chi connectivity index (χ4n) is 5.40. The number of alkyl carbamates (subject to hydrolysis) is 1. The molecule has 3 aromatic carbocycles. The summed E-state index contributed by atoms with van der Waals surface area (Å²) in [4.78, 5) is 60.5. The molecule has 13 heteroatoms. The molecular weight excluding hydrogens is 652 g/mol. The van der Waals surface area contributed by atoms with Crippen LogP contribution in [0.2, 0.25) is 0 Å². The molecule has 270 valence electrons. The Morgan fingerprint density at radius 1 is 0.804 bits per heavy atom. The molecule has 1 heterocycles. The molecule has 0 saturated heterocycles. The highest BCUT2D eigenvalue weighted by Gasteiger charge is 2.33. The number of carbonyl (C=O) groups excluding carboxylic acids is 4. The summed E-state index contributed by atoms with van der Waals surface area (Å²) in [5.74, 6) is -1.84. The first-order valence-electron chi connectivity index (χ1n) is 16.9. The quantitative estimate of drug-likeness (QED) is 0.0823. The number of amides is 4. The zero-order valence-electron chi connectivity index (χ0n) is 28.7. The number of benzene rings is 3. The maximum Gasteiger partial charge on any atom is 0.408 e. The molecule has 0 bridgehead atoms. The first-order chi connectivity index (χ1) is 24.6. The molecule has 4 amide bonds. The predicted molar refractivity (Wildman–Crippen MR) is 190 cm³/mol. The molecule has 3 unspecified atom stereocenters. The minimum absolute atomic E-state index is 0.00760. The number of ether oxygens (including phenoxy) is 1. The lowest BCUT2D eigenvalue weighted by molar-refractivity contribution is -0.131. The molecule has 0 radical (unpaired) electrons. The van der Waals surface area contributed by atoms with Gasteiger partial charge in [0.25, 0.3) is 0 Å². The number of phenols is 1. The van der Waals surface area contributed by atoms with Crippen LogP contribution in [-0.2, 0) is 45.1 Å². The number of rotatable bonds is 18. The van der Waals surface area contributed by atoms with Gasteiger partial charge in [-0.25, -0.2) is 9.78 Å². The van der Waals surface area contributed by atoms with Crippen molar-refractivity contribution in [2.45, 2.75) is 76.9 Å². The van der Waals surface area contributed by atoms with E-state index in [1.165, 1.54) is 18.5 Å². The highest BCUT2D eigenvalue weighted by Crippen LogP contribution is 2.16. The van der Waals surface area contributed by atoms with Crippen molar-refractivity contribution in [3.8, 4) is 5.75 Å². The van der Waals surface area contributed by atoms with Crippen molar-refractivity contribution in [1.82, 2.24) is 31.2 Å². The molecule has 0 spiro atoms. The zero-order chi connectivity index (χ0) is 36.6. The first-order valence-corrected chi connectivity index (χ1v) is 16.9. The van der Waals surface area contributed by atoms with Crippen LogP contribution >= 0.6 is 0 Å². The van der Waals surface area contributed by atoms with Crippen LogP contribution in [0.5, 0.6) is 5.75 Å². The van der Waals surface area contributed by atoms with Gasteiger partial charge in [0.2, 0.25) is 17.7 Å². The van der Waals surface area contributed by atoms with Gasteiger partial charge in [-0.3, -0.25) is 14.4 Å². The molecule has 0 aliphatic rings. The van der Waals surface area contributed by atoms with E-state index in [2.05, 4.69) is 31.2 Å². The Balaban J connectivity index is 1.48.